The van der Waals surface area contributed by atoms with E-state index in [1.807, 2.05) is 0 Å². The summed E-state index contributed by atoms with van der Waals surface area (Å²) < 4.78 is 0. The third-order valence-electron chi connectivity index (χ3n) is 8.13. The van der Waals surface area contributed by atoms with Crippen LogP contribution in [0.1, 0.15) is 77.0 Å². The number of hydrogen-bond acceptors (Lipinski definition) is 2. The van der Waals surface area contributed by atoms with Crippen molar-refractivity contribution in [3.8, 4) is 0 Å². The molecule has 0 aromatic rings. The van der Waals surface area contributed by atoms with E-state index in [-0.39, 0.29) is 35.7 Å². The van der Waals surface area contributed by atoms with Crippen LogP contribution in [-0.2, 0) is 9.59 Å². The first-order chi connectivity index (χ1) is 11.6. The number of carbonyl (C=O) groups excluding carboxylic acids is 2. The Labute approximate surface area is 144 Å². The predicted octanol–water partition coefficient (Wildman–Crippen LogP) is 2.91. The molecule has 4 unspecified atom stereocenters. The summed E-state index contributed by atoms with van der Waals surface area (Å²) in [4.78, 5) is 25.2. The van der Waals surface area contributed by atoms with Crippen LogP contribution in [0.3, 0.4) is 0 Å². The quantitative estimate of drug-likeness (QED) is 0.833. The molecule has 2 amide bonds. The average molecular weight is 330 g/mol. The molecule has 0 aromatic heterocycles. The zero-order chi connectivity index (χ0) is 16.4. The maximum Gasteiger partial charge on any atom is 0.223 e. The van der Waals surface area contributed by atoms with Crippen molar-refractivity contribution in [2.45, 2.75) is 89.1 Å². The molecule has 0 aromatic carbocycles. The fourth-order valence-electron chi connectivity index (χ4n) is 5.85. The standard InChI is InChI=1S/C20H30N2O2/c23-17(13-11-19(13)7-3-8-19)21-15-5-1-2-6-16(15)22-18(24)14-12-20(14)9-4-10-20/h13-16H,1-12H2,(H,21,23)(H,22,24). The van der Waals surface area contributed by atoms with Crippen LogP contribution in [-0.4, -0.2) is 23.9 Å². The summed E-state index contributed by atoms with van der Waals surface area (Å²) in [6.45, 7) is 0. The van der Waals surface area contributed by atoms with E-state index in [1.165, 1.54) is 51.4 Å². The molecule has 132 valence electrons. The number of amides is 2. The summed E-state index contributed by atoms with van der Waals surface area (Å²) in [7, 11) is 0. The summed E-state index contributed by atoms with van der Waals surface area (Å²) in [5.41, 5.74) is 0.782. The van der Waals surface area contributed by atoms with Crippen LogP contribution in [0.25, 0.3) is 0 Å². The largest absolute Gasteiger partial charge is 0.351 e. The Bertz CT molecular complexity index is 514. The Balaban J connectivity index is 1.17. The first-order valence-electron chi connectivity index (χ1n) is 10.2. The third-order valence-corrected chi connectivity index (χ3v) is 8.13. The van der Waals surface area contributed by atoms with Gasteiger partial charge < -0.3 is 10.6 Å². The fourth-order valence-corrected chi connectivity index (χ4v) is 5.85. The van der Waals surface area contributed by atoms with Crippen molar-refractivity contribution in [3.05, 3.63) is 0 Å². The summed E-state index contributed by atoms with van der Waals surface area (Å²) in [5, 5.41) is 6.63. The first kappa shape index (κ1) is 15.2. The highest BCUT2D eigenvalue weighted by atomic mass is 16.2. The van der Waals surface area contributed by atoms with Crippen LogP contribution in [0, 0.1) is 22.7 Å². The van der Waals surface area contributed by atoms with Gasteiger partial charge in [0, 0.05) is 23.9 Å². The maximum absolute atomic E-state index is 12.6. The van der Waals surface area contributed by atoms with Crippen LogP contribution in [0.4, 0.5) is 0 Å². The highest BCUT2D eigenvalue weighted by Gasteiger charge is 2.62. The van der Waals surface area contributed by atoms with Crippen molar-refractivity contribution in [2.24, 2.45) is 22.7 Å². The Hall–Kier alpha value is -1.06. The zero-order valence-corrected chi connectivity index (χ0v) is 14.6. The van der Waals surface area contributed by atoms with Gasteiger partial charge in [-0.3, -0.25) is 9.59 Å². The molecule has 0 saturated heterocycles. The molecular weight excluding hydrogens is 300 g/mol. The average Bonchev–Trinajstić information content (AvgIpc) is 3.38. The molecule has 5 fully saturated rings. The lowest BCUT2D eigenvalue weighted by Gasteiger charge is -2.34. The Morgan fingerprint density at radius 3 is 1.38 bits per heavy atom. The normalized spacial score (nSPS) is 40.3. The number of rotatable bonds is 4. The van der Waals surface area contributed by atoms with E-state index >= 15 is 0 Å². The zero-order valence-electron chi connectivity index (χ0n) is 14.6. The molecule has 2 spiro atoms. The first-order valence-corrected chi connectivity index (χ1v) is 10.2. The van der Waals surface area contributed by atoms with E-state index in [4.69, 9.17) is 0 Å². The minimum Gasteiger partial charge on any atom is -0.351 e. The van der Waals surface area contributed by atoms with E-state index in [0.717, 1.165) is 25.7 Å². The van der Waals surface area contributed by atoms with Crippen molar-refractivity contribution in [2.75, 3.05) is 0 Å². The van der Waals surface area contributed by atoms with E-state index in [1.54, 1.807) is 0 Å². The molecule has 24 heavy (non-hydrogen) atoms. The van der Waals surface area contributed by atoms with Gasteiger partial charge in [-0.15, -0.1) is 0 Å². The van der Waals surface area contributed by atoms with Crippen molar-refractivity contribution in [3.63, 3.8) is 0 Å². The van der Waals surface area contributed by atoms with Crippen molar-refractivity contribution < 1.29 is 9.59 Å². The monoisotopic (exact) mass is 330 g/mol. The summed E-state index contributed by atoms with van der Waals surface area (Å²) in [5.74, 6) is 1.07. The molecule has 4 atom stereocenters. The van der Waals surface area contributed by atoms with Gasteiger partial charge in [-0.1, -0.05) is 25.7 Å². The van der Waals surface area contributed by atoms with Gasteiger partial charge in [0.1, 0.15) is 0 Å². The smallest absolute Gasteiger partial charge is 0.223 e. The SMILES string of the molecule is O=C(NC1CCCCC1NC(=O)C1CC12CCC2)C1CC12CCC2. The van der Waals surface area contributed by atoms with E-state index < -0.39 is 0 Å². The maximum atomic E-state index is 12.6. The number of carbonyl (C=O) groups is 2. The summed E-state index contributed by atoms with van der Waals surface area (Å²) in [6, 6.07) is 0.313. The minimum atomic E-state index is 0.156. The second-order valence-corrected chi connectivity index (χ2v) is 9.46. The van der Waals surface area contributed by atoms with Crippen LogP contribution < -0.4 is 10.6 Å². The number of nitrogens with one attached hydrogen (secondary N) is 2. The second kappa shape index (κ2) is 5.22. The second-order valence-electron chi connectivity index (χ2n) is 9.46. The molecule has 5 saturated carbocycles. The van der Waals surface area contributed by atoms with Crippen LogP contribution in [0.5, 0.6) is 0 Å². The lowest BCUT2D eigenvalue weighted by molar-refractivity contribution is -0.127. The molecule has 2 N–H and O–H groups in total. The molecule has 5 aliphatic carbocycles. The minimum absolute atomic E-state index is 0.156. The lowest BCUT2D eigenvalue weighted by atomic mass is 9.79. The number of hydrogen-bond donors (Lipinski definition) is 2. The van der Waals surface area contributed by atoms with Gasteiger partial charge in [0.2, 0.25) is 11.8 Å². The molecule has 4 heteroatoms. The van der Waals surface area contributed by atoms with Gasteiger partial charge in [-0.05, 0) is 62.2 Å². The van der Waals surface area contributed by atoms with Gasteiger partial charge >= 0.3 is 0 Å². The summed E-state index contributed by atoms with van der Waals surface area (Å²) >= 11 is 0. The third kappa shape index (κ3) is 2.32. The Morgan fingerprint density at radius 1 is 0.667 bits per heavy atom. The van der Waals surface area contributed by atoms with Gasteiger partial charge in [-0.2, -0.15) is 0 Å². The Kier molecular flexibility index (Phi) is 3.31. The van der Waals surface area contributed by atoms with Gasteiger partial charge in [0.25, 0.3) is 0 Å². The van der Waals surface area contributed by atoms with E-state index in [9.17, 15) is 9.59 Å². The van der Waals surface area contributed by atoms with Crippen LogP contribution >= 0.6 is 0 Å². The topological polar surface area (TPSA) is 58.2 Å². The Morgan fingerprint density at radius 2 is 1.08 bits per heavy atom. The van der Waals surface area contributed by atoms with Crippen molar-refractivity contribution in [1.29, 1.82) is 0 Å². The van der Waals surface area contributed by atoms with Crippen LogP contribution in [0.15, 0.2) is 0 Å². The lowest BCUT2D eigenvalue weighted by Crippen LogP contribution is -2.54. The molecular formula is C20H30N2O2. The highest BCUT2D eigenvalue weighted by molar-refractivity contribution is 5.84. The van der Waals surface area contributed by atoms with E-state index in [0.29, 0.717) is 10.8 Å². The fraction of sp³-hybridized carbons (Fsp3) is 0.900. The molecule has 5 rings (SSSR count). The molecule has 5 aliphatic rings. The molecule has 0 aliphatic heterocycles. The molecule has 0 heterocycles. The highest BCUT2D eigenvalue weighted by Crippen LogP contribution is 2.66. The van der Waals surface area contributed by atoms with Crippen molar-refractivity contribution >= 4 is 11.8 Å². The van der Waals surface area contributed by atoms with Crippen LogP contribution in [0.2, 0.25) is 0 Å². The van der Waals surface area contributed by atoms with Crippen molar-refractivity contribution in [1.82, 2.24) is 10.6 Å². The van der Waals surface area contributed by atoms with Gasteiger partial charge in [0.15, 0.2) is 0 Å². The predicted molar refractivity (Wildman–Crippen MR) is 91.1 cm³/mol. The van der Waals surface area contributed by atoms with Gasteiger partial charge in [0.05, 0.1) is 0 Å². The molecule has 0 bridgehead atoms. The molecule has 0 radical (unpaired) electrons. The van der Waals surface area contributed by atoms with E-state index in [2.05, 4.69) is 10.6 Å². The molecule has 4 nitrogen and oxygen atoms in total. The van der Waals surface area contributed by atoms with Gasteiger partial charge in [-0.25, -0.2) is 0 Å². The summed E-state index contributed by atoms with van der Waals surface area (Å²) in [6.07, 6.45) is 14.2.